The van der Waals surface area contributed by atoms with Gasteiger partial charge in [-0.25, -0.2) is 0 Å². The lowest BCUT2D eigenvalue weighted by molar-refractivity contribution is 0.356. The maximum absolute atomic E-state index is 5.56. The van der Waals surface area contributed by atoms with Crippen molar-refractivity contribution in [3.8, 4) is 0 Å². The summed E-state index contributed by atoms with van der Waals surface area (Å²) in [6.07, 6.45) is 3.98. The van der Waals surface area contributed by atoms with Gasteiger partial charge in [-0.2, -0.15) is 4.98 Å². The van der Waals surface area contributed by atoms with Crippen molar-refractivity contribution in [2.45, 2.75) is 38.5 Å². The minimum atomic E-state index is 0.324. The summed E-state index contributed by atoms with van der Waals surface area (Å²) in [6, 6.07) is 8.47. The van der Waals surface area contributed by atoms with Crippen molar-refractivity contribution >= 4 is 0 Å². The van der Waals surface area contributed by atoms with Crippen LogP contribution in [0.15, 0.2) is 28.8 Å². The molecule has 2 aromatic rings. The van der Waals surface area contributed by atoms with Crippen LogP contribution in [-0.4, -0.2) is 16.7 Å². The van der Waals surface area contributed by atoms with Crippen molar-refractivity contribution in [2.75, 3.05) is 6.54 Å². The largest absolute Gasteiger partial charge is 0.339 e. The summed E-state index contributed by atoms with van der Waals surface area (Å²) in [5, 5.41) is 4.15. The summed E-state index contributed by atoms with van der Waals surface area (Å²) in [4.78, 5) is 4.55. The molecular formula is C16H21N3O. The van der Waals surface area contributed by atoms with Crippen molar-refractivity contribution in [3.63, 3.8) is 0 Å². The molecule has 106 valence electrons. The van der Waals surface area contributed by atoms with E-state index in [2.05, 4.69) is 41.3 Å². The Morgan fingerprint density at radius 3 is 3.00 bits per heavy atom. The third kappa shape index (κ3) is 2.61. The molecule has 3 rings (SSSR count). The predicted octanol–water partition coefficient (Wildman–Crippen LogP) is 2.68. The molecular weight excluding hydrogens is 250 g/mol. The van der Waals surface area contributed by atoms with Crippen LogP contribution in [0.25, 0.3) is 0 Å². The van der Waals surface area contributed by atoms with Gasteiger partial charge < -0.3 is 10.3 Å². The Kier molecular flexibility index (Phi) is 3.83. The molecule has 4 nitrogen and oxygen atoms in total. The molecule has 0 saturated carbocycles. The fourth-order valence-electron chi connectivity index (χ4n) is 2.80. The lowest BCUT2D eigenvalue weighted by atomic mass is 9.77. The Bertz CT molecular complexity index is 579. The van der Waals surface area contributed by atoms with Gasteiger partial charge in [-0.1, -0.05) is 36.3 Å². The standard InChI is InChI=1S/C16H21N3O/c1-11(8-9-17)6-7-15-18-16(19-20-15)14-10-12-4-2-3-5-13(12)14/h2-5,11,14H,6-10,17H2,1H3. The second-order valence-electron chi connectivity index (χ2n) is 5.72. The molecule has 1 aliphatic carbocycles. The van der Waals surface area contributed by atoms with Gasteiger partial charge in [-0.05, 0) is 42.9 Å². The van der Waals surface area contributed by atoms with Crippen molar-refractivity contribution in [3.05, 3.63) is 47.1 Å². The highest BCUT2D eigenvalue weighted by Crippen LogP contribution is 2.38. The minimum absolute atomic E-state index is 0.324. The summed E-state index contributed by atoms with van der Waals surface area (Å²) in [5.41, 5.74) is 8.31. The second kappa shape index (κ2) is 5.75. The van der Waals surface area contributed by atoms with Gasteiger partial charge in [0, 0.05) is 6.42 Å². The Labute approximate surface area is 119 Å². The minimum Gasteiger partial charge on any atom is -0.339 e. The van der Waals surface area contributed by atoms with Crippen LogP contribution in [0.3, 0.4) is 0 Å². The first-order valence-corrected chi connectivity index (χ1v) is 7.38. The summed E-state index contributed by atoms with van der Waals surface area (Å²) < 4.78 is 5.37. The molecule has 0 bridgehead atoms. The molecule has 4 heteroatoms. The molecule has 0 saturated heterocycles. The number of hydrogen-bond acceptors (Lipinski definition) is 4. The number of aromatic nitrogens is 2. The topological polar surface area (TPSA) is 64.9 Å². The third-order valence-corrected chi connectivity index (χ3v) is 4.16. The van der Waals surface area contributed by atoms with Crippen LogP contribution in [0, 0.1) is 5.92 Å². The van der Waals surface area contributed by atoms with E-state index in [9.17, 15) is 0 Å². The molecule has 2 N–H and O–H groups in total. The lowest BCUT2D eigenvalue weighted by Crippen LogP contribution is -2.19. The van der Waals surface area contributed by atoms with Gasteiger partial charge in [0.1, 0.15) is 0 Å². The summed E-state index contributed by atoms with van der Waals surface area (Å²) in [7, 11) is 0. The third-order valence-electron chi connectivity index (χ3n) is 4.16. The number of aryl methyl sites for hydroxylation is 1. The van der Waals surface area contributed by atoms with E-state index < -0.39 is 0 Å². The van der Waals surface area contributed by atoms with Crippen LogP contribution < -0.4 is 5.73 Å². The van der Waals surface area contributed by atoms with Gasteiger partial charge >= 0.3 is 0 Å². The van der Waals surface area contributed by atoms with E-state index in [1.165, 1.54) is 11.1 Å². The quantitative estimate of drug-likeness (QED) is 0.877. The average molecular weight is 271 g/mol. The normalized spacial score (nSPS) is 18.4. The molecule has 2 atom stereocenters. The fraction of sp³-hybridized carbons (Fsp3) is 0.500. The van der Waals surface area contributed by atoms with Crippen LogP contribution in [0.4, 0.5) is 0 Å². The lowest BCUT2D eigenvalue weighted by Gasteiger charge is -2.27. The highest BCUT2D eigenvalue weighted by molar-refractivity contribution is 5.43. The monoisotopic (exact) mass is 271 g/mol. The smallest absolute Gasteiger partial charge is 0.226 e. The maximum Gasteiger partial charge on any atom is 0.226 e. The van der Waals surface area contributed by atoms with Crippen molar-refractivity contribution in [2.24, 2.45) is 11.7 Å². The Morgan fingerprint density at radius 2 is 2.20 bits per heavy atom. The molecule has 1 aromatic heterocycles. The van der Waals surface area contributed by atoms with E-state index >= 15 is 0 Å². The molecule has 1 heterocycles. The molecule has 0 amide bonds. The number of nitrogens with zero attached hydrogens (tertiary/aromatic N) is 2. The predicted molar refractivity (Wildman–Crippen MR) is 77.4 cm³/mol. The maximum atomic E-state index is 5.56. The average Bonchev–Trinajstić information content (AvgIpc) is 2.87. The van der Waals surface area contributed by atoms with Crippen molar-refractivity contribution in [1.82, 2.24) is 10.1 Å². The summed E-state index contributed by atoms with van der Waals surface area (Å²) >= 11 is 0. The Balaban J connectivity index is 1.61. The zero-order valence-corrected chi connectivity index (χ0v) is 11.9. The molecule has 0 fully saturated rings. The van der Waals surface area contributed by atoms with Gasteiger partial charge in [0.2, 0.25) is 5.89 Å². The van der Waals surface area contributed by atoms with E-state index in [4.69, 9.17) is 10.3 Å². The van der Waals surface area contributed by atoms with Crippen LogP contribution in [0.2, 0.25) is 0 Å². The molecule has 2 unspecified atom stereocenters. The van der Waals surface area contributed by atoms with E-state index in [1.54, 1.807) is 0 Å². The van der Waals surface area contributed by atoms with Crippen molar-refractivity contribution < 1.29 is 4.52 Å². The first-order valence-electron chi connectivity index (χ1n) is 7.38. The van der Waals surface area contributed by atoms with E-state index in [1.807, 2.05) is 0 Å². The number of nitrogens with two attached hydrogens (primary N) is 1. The van der Waals surface area contributed by atoms with E-state index in [0.717, 1.165) is 43.9 Å². The number of fused-ring (bicyclic) bond motifs is 1. The SMILES string of the molecule is CC(CCN)CCc1nc(C2Cc3ccccc32)no1. The van der Waals surface area contributed by atoms with Gasteiger partial charge in [-0.15, -0.1) is 0 Å². The summed E-state index contributed by atoms with van der Waals surface area (Å²) in [6.45, 7) is 2.96. The van der Waals surface area contributed by atoms with Crippen LogP contribution >= 0.6 is 0 Å². The Morgan fingerprint density at radius 1 is 1.35 bits per heavy atom. The van der Waals surface area contributed by atoms with Gasteiger partial charge in [0.25, 0.3) is 0 Å². The van der Waals surface area contributed by atoms with Crippen molar-refractivity contribution in [1.29, 1.82) is 0 Å². The molecule has 0 aliphatic heterocycles. The highest BCUT2D eigenvalue weighted by atomic mass is 16.5. The van der Waals surface area contributed by atoms with Gasteiger partial charge in [0.05, 0.1) is 5.92 Å². The fourth-order valence-corrected chi connectivity index (χ4v) is 2.80. The molecule has 1 aromatic carbocycles. The Hall–Kier alpha value is -1.68. The van der Waals surface area contributed by atoms with E-state index in [-0.39, 0.29) is 0 Å². The van der Waals surface area contributed by atoms with Gasteiger partial charge in [0.15, 0.2) is 5.82 Å². The number of benzene rings is 1. The zero-order valence-electron chi connectivity index (χ0n) is 11.9. The molecule has 0 spiro atoms. The molecule has 0 radical (unpaired) electrons. The summed E-state index contributed by atoms with van der Waals surface area (Å²) in [5.74, 6) is 2.53. The first-order chi connectivity index (χ1) is 9.78. The number of rotatable bonds is 6. The molecule has 20 heavy (non-hydrogen) atoms. The second-order valence-corrected chi connectivity index (χ2v) is 5.72. The first kappa shape index (κ1) is 13.3. The van der Waals surface area contributed by atoms with E-state index in [0.29, 0.717) is 11.8 Å². The van der Waals surface area contributed by atoms with Crippen LogP contribution in [-0.2, 0) is 12.8 Å². The van der Waals surface area contributed by atoms with Gasteiger partial charge in [-0.3, -0.25) is 0 Å². The highest BCUT2D eigenvalue weighted by Gasteiger charge is 2.30. The number of hydrogen-bond donors (Lipinski definition) is 1. The molecule has 1 aliphatic rings. The zero-order chi connectivity index (χ0) is 13.9. The van der Waals surface area contributed by atoms with Crippen LogP contribution in [0.1, 0.15) is 48.5 Å². The van der Waals surface area contributed by atoms with Crippen LogP contribution in [0.5, 0.6) is 0 Å².